The van der Waals surface area contributed by atoms with Gasteiger partial charge in [-0.1, -0.05) is 6.42 Å². The standard InChI is InChI=1S/C17H24N4OS/c1-13-18-8-14(9-19-13)16(22)21-11-17(12-21)7-15(10-23-17)20-5-3-2-4-6-20/h8-9,15H,2-7,10-12H2,1H3. The van der Waals surface area contributed by atoms with Crippen molar-refractivity contribution in [3.05, 3.63) is 23.8 Å². The topological polar surface area (TPSA) is 49.3 Å². The highest BCUT2D eigenvalue weighted by atomic mass is 32.2. The average molecular weight is 332 g/mol. The molecule has 0 N–H and O–H groups in total. The molecule has 3 saturated heterocycles. The van der Waals surface area contributed by atoms with Crippen LogP contribution in [-0.2, 0) is 0 Å². The van der Waals surface area contributed by atoms with Crippen molar-refractivity contribution in [3.63, 3.8) is 0 Å². The number of rotatable bonds is 2. The highest BCUT2D eigenvalue weighted by Crippen LogP contribution is 2.47. The Hall–Kier alpha value is -1.14. The van der Waals surface area contributed by atoms with Crippen molar-refractivity contribution in [1.82, 2.24) is 19.8 Å². The summed E-state index contributed by atoms with van der Waals surface area (Å²) >= 11 is 2.09. The van der Waals surface area contributed by atoms with Crippen LogP contribution in [0.5, 0.6) is 0 Å². The molecule has 0 saturated carbocycles. The normalized spacial score (nSPS) is 27.2. The number of aromatic nitrogens is 2. The summed E-state index contributed by atoms with van der Waals surface area (Å²) in [6.07, 6.45) is 8.63. The van der Waals surface area contributed by atoms with Crippen LogP contribution in [0.2, 0.25) is 0 Å². The Kier molecular flexibility index (Phi) is 4.05. The number of likely N-dealkylation sites (tertiary alicyclic amines) is 2. The molecule has 1 aromatic rings. The molecule has 23 heavy (non-hydrogen) atoms. The number of thioether (sulfide) groups is 1. The van der Waals surface area contributed by atoms with Gasteiger partial charge >= 0.3 is 0 Å². The van der Waals surface area contributed by atoms with Gasteiger partial charge in [0.15, 0.2) is 0 Å². The Labute approximate surface area is 141 Å². The number of hydrogen-bond donors (Lipinski definition) is 0. The van der Waals surface area contributed by atoms with E-state index in [1.54, 1.807) is 12.4 Å². The third kappa shape index (κ3) is 2.98. The maximum atomic E-state index is 12.5. The van der Waals surface area contributed by atoms with Crippen molar-refractivity contribution >= 4 is 17.7 Å². The van der Waals surface area contributed by atoms with Crippen LogP contribution in [0.4, 0.5) is 0 Å². The molecule has 0 aromatic carbocycles. The second-order valence-electron chi connectivity index (χ2n) is 7.13. The monoisotopic (exact) mass is 332 g/mol. The fraction of sp³-hybridized carbons (Fsp3) is 0.706. The molecule has 5 nitrogen and oxygen atoms in total. The average Bonchev–Trinajstić information content (AvgIpc) is 3.00. The molecule has 124 valence electrons. The number of hydrogen-bond acceptors (Lipinski definition) is 5. The molecule has 0 aliphatic carbocycles. The first kappa shape index (κ1) is 15.4. The summed E-state index contributed by atoms with van der Waals surface area (Å²) in [6, 6.07) is 0.722. The number of aryl methyl sites for hydroxylation is 1. The van der Waals surface area contributed by atoms with E-state index in [0.29, 0.717) is 16.1 Å². The number of carbonyl (C=O) groups excluding carboxylic acids is 1. The molecule has 4 rings (SSSR count). The Bertz CT molecular complexity index is 579. The minimum Gasteiger partial charge on any atom is -0.336 e. The summed E-state index contributed by atoms with van der Waals surface area (Å²) in [5.41, 5.74) is 0.612. The zero-order valence-electron chi connectivity index (χ0n) is 13.7. The van der Waals surface area contributed by atoms with Crippen molar-refractivity contribution in [2.75, 3.05) is 31.9 Å². The van der Waals surface area contributed by atoms with Gasteiger partial charge in [-0.15, -0.1) is 11.8 Å². The lowest BCUT2D eigenvalue weighted by Gasteiger charge is -2.48. The predicted octanol–water partition coefficient (Wildman–Crippen LogP) is 1.97. The van der Waals surface area contributed by atoms with E-state index in [2.05, 4.69) is 26.6 Å². The lowest BCUT2D eigenvalue weighted by molar-refractivity contribution is 0.0517. The second-order valence-corrected chi connectivity index (χ2v) is 8.62. The van der Waals surface area contributed by atoms with Gasteiger partial charge in [-0.05, 0) is 39.3 Å². The molecule has 4 heterocycles. The number of piperidine rings is 1. The van der Waals surface area contributed by atoms with Gasteiger partial charge in [-0.25, -0.2) is 9.97 Å². The van der Waals surface area contributed by atoms with Gasteiger partial charge in [-0.2, -0.15) is 0 Å². The Morgan fingerprint density at radius 2 is 1.91 bits per heavy atom. The van der Waals surface area contributed by atoms with Crippen LogP contribution in [0, 0.1) is 6.92 Å². The number of nitrogens with zero attached hydrogens (tertiary/aromatic N) is 4. The van der Waals surface area contributed by atoms with Crippen molar-refractivity contribution < 1.29 is 4.79 Å². The molecule has 1 spiro atoms. The van der Waals surface area contributed by atoms with Gasteiger partial charge in [0.05, 0.1) is 10.3 Å². The molecule has 1 amide bonds. The predicted molar refractivity (Wildman–Crippen MR) is 91.7 cm³/mol. The lowest BCUT2D eigenvalue weighted by atomic mass is 9.90. The first-order chi connectivity index (χ1) is 11.2. The molecular weight excluding hydrogens is 308 g/mol. The van der Waals surface area contributed by atoms with Crippen LogP contribution >= 0.6 is 11.8 Å². The van der Waals surface area contributed by atoms with E-state index in [9.17, 15) is 4.79 Å². The van der Waals surface area contributed by atoms with Crippen LogP contribution in [-0.4, -0.2) is 68.4 Å². The van der Waals surface area contributed by atoms with Crippen molar-refractivity contribution in [3.8, 4) is 0 Å². The molecule has 3 aliphatic rings. The summed E-state index contributed by atoms with van der Waals surface area (Å²) in [5.74, 6) is 2.02. The van der Waals surface area contributed by atoms with Gasteiger partial charge < -0.3 is 4.90 Å². The third-order valence-corrected chi connectivity index (χ3v) is 6.96. The fourth-order valence-corrected chi connectivity index (χ4v) is 5.72. The van der Waals surface area contributed by atoms with Gasteiger partial charge in [0, 0.05) is 37.3 Å². The van der Waals surface area contributed by atoms with E-state index in [0.717, 1.165) is 19.1 Å². The third-order valence-electron chi connectivity index (χ3n) is 5.37. The maximum absolute atomic E-state index is 12.5. The summed E-state index contributed by atoms with van der Waals surface area (Å²) in [6.45, 7) is 6.14. The molecular formula is C17H24N4OS. The van der Waals surface area contributed by atoms with Crippen molar-refractivity contribution in [1.29, 1.82) is 0 Å². The second kappa shape index (κ2) is 6.06. The summed E-state index contributed by atoms with van der Waals surface area (Å²) in [7, 11) is 0. The molecule has 3 aliphatic heterocycles. The van der Waals surface area contributed by atoms with Crippen LogP contribution < -0.4 is 0 Å². The molecule has 0 bridgehead atoms. The molecule has 0 radical (unpaired) electrons. The number of carbonyl (C=O) groups is 1. The van der Waals surface area contributed by atoms with E-state index in [1.807, 2.05) is 11.8 Å². The van der Waals surface area contributed by atoms with Gasteiger partial charge in [-0.3, -0.25) is 9.69 Å². The lowest BCUT2D eigenvalue weighted by Crippen LogP contribution is -2.61. The van der Waals surface area contributed by atoms with Gasteiger partial charge in [0.2, 0.25) is 0 Å². The fourth-order valence-electron chi connectivity index (χ4n) is 4.04. The SMILES string of the molecule is Cc1ncc(C(=O)N2CC3(CC(N4CCCCC4)CS3)C2)cn1. The van der Waals surface area contributed by atoms with Gasteiger partial charge in [0.25, 0.3) is 5.91 Å². The minimum absolute atomic E-state index is 0.0812. The molecule has 3 fully saturated rings. The Morgan fingerprint density at radius 3 is 2.61 bits per heavy atom. The van der Waals surface area contributed by atoms with E-state index < -0.39 is 0 Å². The maximum Gasteiger partial charge on any atom is 0.257 e. The number of amides is 1. The van der Waals surface area contributed by atoms with Gasteiger partial charge in [0.1, 0.15) is 5.82 Å². The molecule has 1 unspecified atom stereocenters. The first-order valence-corrected chi connectivity index (χ1v) is 9.60. The zero-order chi connectivity index (χ0) is 15.9. The van der Waals surface area contributed by atoms with E-state index >= 15 is 0 Å². The molecule has 6 heteroatoms. The Balaban J connectivity index is 1.34. The van der Waals surface area contributed by atoms with Crippen LogP contribution in [0.3, 0.4) is 0 Å². The highest BCUT2D eigenvalue weighted by molar-refractivity contribution is 8.01. The van der Waals surface area contributed by atoms with E-state index in [1.165, 1.54) is 44.5 Å². The van der Waals surface area contributed by atoms with Crippen molar-refractivity contribution in [2.24, 2.45) is 0 Å². The van der Waals surface area contributed by atoms with Crippen LogP contribution in [0.25, 0.3) is 0 Å². The molecule has 1 atom stereocenters. The smallest absolute Gasteiger partial charge is 0.257 e. The summed E-state index contributed by atoms with van der Waals surface area (Å²) in [4.78, 5) is 25.4. The highest BCUT2D eigenvalue weighted by Gasteiger charge is 2.51. The van der Waals surface area contributed by atoms with Crippen LogP contribution in [0.15, 0.2) is 12.4 Å². The first-order valence-electron chi connectivity index (χ1n) is 8.61. The zero-order valence-corrected chi connectivity index (χ0v) is 14.5. The largest absolute Gasteiger partial charge is 0.336 e. The van der Waals surface area contributed by atoms with Crippen LogP contribution in [0.1, 0.15) is 41.9 Å². The van der Waals surface area contributed by atoms with E-state index in [4.69, 9.17) is 0 Å². The summed E-state index contributed by atoms with van der Waals surface area (Å²) in [5, 5.41) is 0. The quantitative estimate of drug-likeness (QED) is 0.829. The minimum atomic E-state index is 0.0812. The van der Waals surface area contributed by atoms with E-state index in [-0.39, 0.29) is 5.91 Å². The summed E-state index contributed by atoms with van der Waals surface area (Å²) < 4.78 is 0.309. The molecule has 1 aromatic heterocycles. The van der Waals surface area contributed by atoms with Crippen molar-refractivity contribution in [2.45, 2.75) is 43.4 Å². The Morgan fingerprint density at radius 1 is 1.22 bits per heavy atom.